The molecule has 1 aromatic carbocycles. The second kappa shape index (κ2) is 3.53. The fourth-order valence-corrected chi connectivity index (χ4v) is 1.33. The third-order valence-corrected chi connectivity index (χ3v) is 2.05. The first-order valence-corrected chi connectivity index (χ1v) is 3.91. The molecule has 0 saturated carbocycles. The van der Waals surface area contributed by atoms with Gasteiger partial charge in [-0.3, -0.25) is 10.1 Å². The molecule has 70 valence electrons. The molecule has 1 aromatic rings. The lowest BCUT2D eigenvalue weighted by Gasteiger charge is -2.05. The number of rotatable bonds is 2. The Kier molecular flexibility index (Phi) is 2.63. The van der Waals surface area contributed by atoms with Crippen molar-refractivity contribution in [3.8, 4) is 0 Å². The van der Waals surface area contributed by atoms with Crippen LogP contribution in [0.1, 0.15) is 16.7 Å². The molecular formula is C9H11NO3. The Morgan fingerprint density at radius 3 is 2.15 bits per heavy atom. The van der Waals surface area contributed by atoms with E-state index in [2.05, 4.69) is 0 Å². The fraction of sp³-hybridized carbons (Fsp3) is 0.333. The van der Waals surface area contributed by atoms with Crippen LogP contribution in [0.15, 0.2) is 12.1 Å². The molecule has 0 aliphatic heterocycles. The summed E-state index contributed by atoms with van der Waals surface area (Å²) in [4.78, 5) is 10.0. The lowest BCUT2D eigenvalue weighted by Crippen LogP contribution is -1.96. The molecule has 4 nitrogen and oxygen atoms in total. The predicted molar refractivity (Wildman–Crippen MR) is 48.5 cm³/mol. The summed E-state index contributed by atoms with van der Waals surface area (Å²) in [7, 11) is 0. The van der Waals surface area contributed by atoms with Crippen LogP contribution in [0.25, 0.3) is 0 Å². The van der Waals surface area contributed by atoms with Crippen molar-refractivity contribution < 1.29 is 10.0 Å². The minimum Gasteiger partial charge on any atom is -0.392 e. The van der Waals surface area contributed by atoms with Gasteiger partial charge in [-0.15, -0.1) is 0 Å². The van der Waals surface area contributed by atoms with Crippen LogP contribution in [-0.2, 0) is 6.61 Å². The first-order valence-electron chi connectivity index (χ1n) is 3.91. The van der Waals surface area contributed by atoms with Gasteiger partial charge >= 0.3 is 0 Å². The van der Waals surface area contributed by atoms with Crippen molar-refractivity contribution in [2.24, 2.45) is 0 Å². The zero-order valence-corrected chi connectivity index (χ0v) is 7.57. The molecule has 0 amide bonds. The minimum absolute atomic E-state index is 0.0737. The molecule has 0 saturated heterocycles. The third kappa shape index (κ3) is 1.84. The van der Waals surface area contributed by atoms with Gasteiger partial charge in [0, 0.05) is 12.1 Å². The molecule has 0 radical (unpaired) electrons. The average Bonchev–Trinajstić information content (AvgIpc) is 2.03. The van der Waals surface area contributed by atoms with E-state index in [1.807, 2.05) is 0 Å². The quantitative estimate of drug-likeness (QED) is 0.558. The molecule has 0 aliphatic rings. The zero-order valence-electron chi connectivity index (χ0n) is 7.57. The lowest BCUT2D eigenvalue weighted by molar-refractivity contribution is -0.385. The molecule has 0 aromatic heterocycles. The molecule has 0 fully saturated rings. The number of nitro groups is 1. The summed E-state index contributed by atoms with van der Waals surface area (Å²) >= 11 is 0. The molecular weight excluding hydrogens is 170 g/mol. The van der Waals surface area contributed by atoms with E-state index in [9.17, 15) is 10.1 Å². The van der Waals surface area contributed by atoms with Gasteiger partial charge in [0.25, 0.3) is 5.69 Å². The topological polar surface area (TPSA) is 63.4 Å². The first-order chi connectivity index (χ1) is 6.06. The Balaban J connectivity index is 3.28. The van der Waals surface area contributed by atoms with Crippen LogP contribution in [0.5, 0.6) is 0 Å². The Morgan fingerprint density at radius 1 is 1.38 bits per heavy atom. The van der Waals surface area contributed by atoms with Gasteiger partial charge in [0.1, 0.15) is 0 Å². The molecule has 4 heteroatoms. The molecule has 0 heterocycles. The van der Waals surface area contributed by atoms with E-state index in [4.69, 9.17) is 5.11 Å². The predicted octanol–water partition coefficient (Wildman–Crippen LogP) is 1.70. The Bertz CT molecular complexity index is 324. The highest BCUT2D eigenvalue weighted by Gasteiger charge is 2.10. The van der Waals surface area contributed by atoms with Crippen LogP contribution in [-0.4, -0.2) is 10.0 Å². The summed E-state index contributed by atoms with van der Waals surface area (Å²) in [6.07, 6.45) is 0. The number of hydrogen-bond acceptors (Lipinski definition) is 3. The zero-order chi connectivity index (χ0) is 10.0. The van der Waals surface area contributed by atoms with E-state index >= 15 is 0 Å². The van der Waals surface area contributed by atoms with Crippen molar-refractivity contribution in [3.05, 3.63) is 38.9 Å². The van der Waals surface area contributed by atoms with E-state index < -0.39 is 4.92 Å². The number of non-ortho nitro benzene ring substituents is 1. The van der Waals surface area contributed by atoms with E-state index in [1.54, 1.807) is 13.8 Å². The number of hydrogen-bond donors (Lipinski definition) is 1. The van der Waals surface area contributed by atoms with Gasteiger partial charge in [0.2, 0.25) is 0 Å². The summed E-state index contributed by atoms with van der Waals surface area (Å²) in [5.41, 5.74) is 2.36. The maximum atomic E-state index is 10.4. The summed E-state index contributed by atoms with van der Waals surface area (Å²) < 4.78 is 0. The molecule has 13 heavy (non-hydrogen) atoms. The maximum absolute atomic E-state index is 10.4. The van der Waals surface area contributed by atoms with Crippen LogP contribution in [0.3, 0.4) is 0 Å². The van der Waals surface area contributed by atoms with Crippen molar-refractivity contribution in [3.63, 3.8) is 0 Å². The molecule has 0 aliphatic carbocycles. The molecule has 0 unspecified atom stereocenters. The van der Waals surface area contributed by atoms with Gasteiger partial charge in [-0.2, -0.15) is 0 Å². The summed E-state index contributed by atoms with van der Waals surface area (Å²) in [5.74, 6) is 0. The maximum Gasteiger partial charge on any atom is 0.269 e. The van der Waals surface area contributed by atoms with Gasteiger partial charge in [-0.25, -0.2) is 0 Å². The van der Waals surface area contributed by atoms with Gasteiger partial charge in [-0.05, 0) is 30.5 Å². The number of nitro benzene ring substituents is 1. The highest BCUT2D eigenvalue weighted by atomic mass is 16.6. The summed E-state index contributed by atoms with van der Waals surface area (Å²) in [5, 5.41) is 19.4. The average molecular weight is 181 g/mol. The Hall–Kier alpha value is -1.42. The van der Waals surface area contributed by atoms with Gasteiger partial charge in [-0.1, -0.05) is 0 Å². The van der Waals surface area contributed by atoms with Gasteiger partial charge in [0.05, 0.1) is 11.5 Å². The number of benzene rings is 1. The van der Waals surface area contributed by atoms with Crippen molar-refractivity contribution in [2.75, 3.05) is 0 Å². The smallest absolute Gasteiger partial charge is 0.269 e. The lowest BCUT2D eigenvalue weighted by atomic mass is 10.0. The van der Waals surface area contributed by atoms with E-state index in [0.717, 1.165) is 16.7 Å². The standard InChI is InChI=1S/C9H11NO3/c1-6-3-8(10(12)13)4-7(2)9(6)5-11/h3-4,11H,5H2,1-2H3. The fourth-order valence-electron chi connectivity index (χ4n) is 1.33. The molecule has 0 spiro atoms. The van der Waals surface area contributed by atoms with E-state index in [1.165, 1.54) is 12.1 Å². The van der Waals surface area contributed by atoms with E-state index in [-0.39, 0.29) is 12.3 Å². The number of nitrogens with zero attached hydrogens (tertiary/aromatic N) is 1. The van der Waals surface area contributed by atoms with Crippen molar-refractivity contribution >= 4 is 5.69 Å². The van der Waals surface area contributed by atoms with E-state index in [0.29, 0.717) is 0 Å². The van der Waals surface area contributed by atoms with Crippen LogP contribution in [0, 0.1) is 24.0 Å². The second-order valence-corrected chi connectivity index (χ2v) is 2.97. The monoisotopic (exact) mass is 181 g/mol. The molecule has 0 atom stereocenters. The molecule has 1 N–H and O–H groups in total. The summed E-state index contributed by atoms with van der Waals surface area (Å²) in [6, 6.07) is 2.94. The number of aliphatic hydroxyl groups excluding tert-OH is 1. The van der Waals surface area contributed by atoms with Crippen LogP contribution in [0.2, 0.25) is 0 Å². The highest BCUT2D eigenvalue weighted by Crippen LogP contribution is 2.21. The normalized spacial score (nSPS) is 10.1. The Labute approximate surface area is 76.0 Å². The van der Waals surface area contributed by atoms with Crippen molar-refractivity contribution in [1.29, 1.82) is 0 Å². The van der Waals surface area contributed by atoms with Gasteiger partial charge < -0.3 is 5.11 Å². The molecule has 0 bridgehead atoms. The highest BCUT2D eigenvalue weighted by molar-refractivity contribution is 5.44. The van der Waals surface area contributed by atoms with Crippen LogP contribution < -0.4 is 0 Å². The largest absolute Gasteiger partial charge is 0.392 e. The number of aryl methyl sites for hydroxylation is 2. The van der Waals surface area contributed by atoms with Crippen LogP contribution >= 0.6 is 0 Å². The first kappa shape index (κ1) is 9.67. The van der Waals surface area contributed by atoms with Gasteiger partial charge in [0.15, 0.2) is 0 Å². The summed E-state index contributed by atoms with van der Waals surface area (Å²) in [6.45, 7) is 3.44. The second-order valence-electron chi connectivity index (χ2n) is 2.97. The van der Waals surface area contributed by atoms with Crippen LogP contribution in [0.4, 0.5) is 5.69 Å². The SMILES string of the molecule is Cc1cc([N+](=O)[O-])cc(C)c1CO. The molecule has 1 rings (SSSR count). The third-order valence-electron chi connectivity index (χ3n) is 2.05. The minimum atomic E-state index is -0.429. The number of aliphatic hydroxyl groups is 1. The Morgan fingerprint density at radius 2 is 1.85 bits per heavy atom. The van der Waals surface area contributed by atoms with Crippen molar-refractivity contribution in [2.45, 2.75) is 20.5 Å². The van der Waals surface area contributed by atoms with Crippen molar-refractivity contribution in [1.82, 2.24) is 0 Å².